The van der Waals surface area contributed by atoms with Gasteiger partial charge in [-0.15, -0.1) is 0 Å². The quantitative estimate of drug-likeness (QED) is 0.511. The monoisotopic (exact) mass is 480 g/mol. The number of hydrogen-bond donors (Lipinski definition) is 0. The Bertz CT molecular complexity index is 1290. The zero-order valence-corrected chi connectivity index (χ0v) is 21.4. The predicted octanol–water partition coefficient (Wildman–Crippen LogP) is 5.26. The number of aryl methyl sites for hydroxylation is 1. The van der Waals surface area contributed by atoms with Crippen LogP contribution in [0.25, 0.3) is 16.6 Å². The fourth-order valence-electron chi connectivity index (χ4n) is 4.20. The van der Waals surface area contributed by atoms with Crippen LogP contribution in [0.4, 0.5) is 9.18 Å². The number of aromatic nitrogens is 2. The molecule has 0 N–H and O–H groups in total. The molecule has 2 aromatic heterocycles. The molecule has 4 rings (SSSR count). The van der Waals surface area contributed by atoms with Crippen LogP contribution in [-0.2, 0) is 4.74 Å². The number of carbonyl (C=O) groups excluding carboxylic acids is 2. The van der Waals surface area contributed by atoms with Gasteiger partial charge in [0.05, 0.1) is 17.3 Å². The molecule has 1 aliphatic rings. The largest absolute Gasteiger partial charge is 0.444 e. The van der Waals surface area contributed by atoms with Crippen LogP contribution in [0.3, 0.4) is 0 Å². The number of fused-ring (bicyclic) bond motifs is 1. The Kier molecular flexibility index (Phi) is 6.34. The summed E-state index contributed by atoms with van der Waals surface area (Å²) in [6.45, 7) is 12.4. The first-order valence-electron chi connectivity index (χ1n) is 11.9. The summed E-state index contributed by atoms with van der Waals surface area (Å²) >= 11 is 0. The molecule has 7 nitrogen and oxygen atoms in total. The molecule has 1 aromatic carbocycles. The SMILES string of the molecule is Cc1ncc2c(-c3ccc(F)cc3C(=O)N(C)C(C)C)cc(C3CN(C(=O)OC(C)(C)C)C3)cn12. The lowest BCUT2D eigenvalue weighted by Gasteiger charge is -2.40. The zero-order valence-electron chi connectivity index (χ0n) is 21.4. The number of ether oxygens (including phenoxy) is 1. The fraction of sp³-hybridized carbons (Fsp3) is 0.444. The number of likely N-dealkylation sites (tertiary alicyclic amines) is 1. The molecule has 3 heterocycles. The molecule has 2 amide bonds. The lowest BCUT2D eigenvalue weighted by Crippen LogP contribution is -2.50. The Morgan fingerprint density at radius 2 is 1.86 bits per heavy atom. The number of amides is 2. The average molecular weight is 481 g/mol. The molecule has 35 heavy (non-hydrogen) atoms. The van der Waals surface area contributed by atoms with Gasteiger partial charge in [-0.3, -0.25) is 4.79 Å². The Balaban J connectivity index is 1.74. The highest BCUT2D eigenvalue weighted by Crippen LogP contribution is 2.36. The van der Waals surface area contributed by atoms with Gasteiger partial charge in [-0.05, 0) is 70.9 Å². The van der Waals surface area contributed by atoms with E-state index in [0.717, 1.165) is 22.5 Å². The van der Waals surface area contributed by atoms with Gasteiger partial charge in [0.2, 0.25) is 0 Å². The summed E-state index contributed by atoms with van der Waals surface area (Å²) in [4.78, 5) is 33.4. The highest BCUT2D eigenvalue weighted by Gasteiger charge is 2.35. The first-order valence-corrected chi connectivity index (χ1v) is 11.9. The van der Waals surface area contributed by atoms with Crippen molar-refractivity contribution >= 4 is 17.5 Å². The zero-order chi connectivity index (χ0) is 25.7. The Hall–Kier alpha value is -3.42. The molecule has 0 atom stereocenters. The number of pyridine rings is 1. The third-order valence-corrected chi connectivity index (χ3v) is 6.45. The maximum Gasteiger partial charge on any atom is 0.410 e. The Morgan fingerprint density at radius 1 is 1.17 bits per heavy atom. The van der Waals surface area contributed by atoms with Gasteiger partial charge in [-0.25, -0.2) is 14.2 Å². The summed E-state index contributed by atoms with van der Waals surface area (Å²) in [5, 5.41) is 0. The minimum absolute atomic E-state index is 0.0315. The highest BCUT2D eigenvalue weighted by molar-refractivity contribution is 6.03. The summed E-state index contributed by atoms with van der Waals surface area (Å²) in [6, 6.07) is 6.34. The molecule has 1 saturated heterocycles. The minimum atomic E-state index is -0.545. The van der Waals surface area contributed by atoms with E-state index in [1.165, 1.54) is 12.1 Å². The third kappa shape index (κ3) is 4.88. The van der Waals surface area contributed by atoms with E-state index in [0.29, 0.717) is 24.2 Å². The topological polar surface area (TPSA) is 67.2 Å². The van der Waals surface area contributed by atoms with Crippen molar-refractivity contribution in [1.82, 2.24) is 19.2 Å². The molecule has 3 aromatic rings. The van der Waals surface area contributed by atoms with Gasteiger partial charge in [0, 0.05) is 43.9 Å². The second-order valence-electron chi connectivity index (χ2n) is 10.5. The van der Waals surface area contributed by atoms with Gasteiger partial charge in [0.15, 0.2) is 0 Å². The number of imidazole rings is 1. The number of hydrogen-bond acceptors (Lipinski definition) is 4. The summed E-state index contributed by atoms with van der Waals surface area (Å²) < 4.78 is 21.8. The maximum absolute atomic E-state index is 14.3. The highest BCUT2D eigenvalue weighted by atomic mass is 19.1. The summed E-state index contributed by atoms with van der Waals surface area (Å²) in [7, 11) is 1.72. The molecule has 1 fully saturated rings. The van der Waals surface area contributed by atoms with E-state index in [9.17, 15) is 14.0 Å². The molecule has 8 heteroatoms. The van der Waals surface area contributed by atoms with Gasteiger partial charge < -0.3 is 18.9 Å². The van der Waals surface area contributed by atoms with Crippen molar-refractivity contribution in [3.63, 3.8) is 0 Å². The van der Waals surface area contributed by atoms with Crippen LogP contribution in [0.2, 0.25) is 0 Å². The number of halogens is 1. The van der Waals surface area contributed by atoms with Crippen LogP contribution >= 0.6 is 0 Å². The smallest absolute Gasteiger partial charge is 0.410 e. The van der Waals surface area contributed by atoms with Crippen molar-refractivity contribution in [1.29, 1.82) is 0 Å². The van der Waals surface area contributed by atoms with Gasteiger partial charge >= 0.3 is 6.09 Å². The molecule has 0 spiro atoms. The molecule has 0 unspecified atom stereocenters. The summed E-state index contributed by atoms with van der Waals surface area (Å²) in [5.74, 6) is 0.221. The maximum atomic E-state index is 14.3. The molecule has 186 valence electrons. The molecule has 0 radical (unpaired) electrons. The van der Waals surface area contributed by atoms with Gasteiger partial charge in [0.1, 0.15) is 17.2 Å². The van der Waals surface area contributed by atoms with Crippen molar-refractivity contribution in [3.8, 4) is 11.1 Å². The van der Waals surface area contributed by atoms with E-state index in [1.54, 1.807) is 29.1 Å². The van der Waals surface area contributed by atoms with Crippen molar-refractivity contribution in [3.05, 3.63) is 59.4 Å². The van der Waals surface area contributed by atoms with E-state index in [-0.39, 0.29) is 24.0 Å². The van der Waals surface area contributed by atoms with Gasteiger partial charge in [-0.2, -0.15) is 0 Å². The molecule has 0 bridgehead atoms. The fourth-order valence-corrected chi connectivity index (χ4v) is 4.20. The molecule has 0 aliphatic carbocycles. The lowest BCUT2D eigenvalue weighted by molar-refractivity contribution is 0.00815. The first-order chi connectivity index (χ1) is 16.4. The molecular weight excluding hydrogens is 447 g/mol. The molecule has 0 saturated carbocycles. The second kappa shape index (κ2) is 8.98. The first kappa shape index (κ1) is 24.7. The number of carbonyl (C=O) groups is 2. The molecular formula is C27H33FN4O3. The van der Waals surface area contributed by atoms with E-state index in [1.807, 2.05) is 58.2 Å². The number of nitrogens with zero attached hydrogens (tertiary/aromatic N) is 4. The normalized spacial score (nSPS) is 14.4. The summed E-state index contributed by atoms with van der Waals surface area (Å²) in [5.41, 5.74) is 3.08. The third-order valence-electron chi connectivity index (χ3n) is 6.45. The van der Waals surface area contributed by atoms with E-state index >= 15 is 0 Å². The van der Waals surface area contributed by atoms with Crippen molar-refractivity contribution < 1.29 is 18.7 Å². The lowest BCUT2D eigenvalue weighted by atomic mass is 9.89. The van der Waals surface area contributed by atoms with Gasteiger partial charge in [0.25, 0.3) is 5.91 Å². The van der Waals surface area contributed by atoms with Crippen LogP contribution < -0.4 is 0 Å². The minimum Gasteiger partial charge on any atom is -0.444 e. The number of benzene rings is 1. The van der Waals surface area contributed by atoms with E-state index in [2.05, 4.69) is 4.98 Å². The van der Waals surface area contributed by atoms with Crippen LogP contribution in [-0.4, -0.2) is 63.0 Å². The van der Waals surface area contributed by atoms with Crippen LogP contribution in [0.1, 0.15) is 62.3 Å². The van der Waals surface area contributed by atoms with Gasteiger partial charge in [-0.1, -0.05) is 6.07 Å². The number of rotatable bonds is 4. The van der Waals surface area contributed by atoms with E-state index in [4.69, 9.17) is 4.74 Å². The summed E-state index contributed by atoms with van der Waals surface area (Å²) in [6.07, 6.45) is 3.48. The molecule has 1 aliphatic heterocycles. The van der Waals surface area contributed by atoms with Crippen molar-refractivity contribution in [2.24, 2.45) is 0 Å². The Labute approximate surface area is 205 Å². The standard InChI is InChI=1S/C27H33FN4O3/c1-16(2)30(7)25(33)23-11-20(28)8-9-21(23)22-10-18(15-32-17(3)29-12-24(22)32)19-13-31(14-19)26(34)35-27(4,5)6/h8-12,15-16,19H,13-14H2,1-7H3. The second-order valence-corrected chi connectivity index (χ2v) is 10.5. The van der Waals surface area contributed by atoms with Crippen molar-refractivity contribution in [2.45, 2.75) is 59.1 Å². The van der Waals surface area contributed by atoms with Crippen LogP contribution in [0, 0.1) is 12.7 Å². The average Bonchev–Trinajstić information content (AvgIpc) is 3.10. The van der Waals surface area contributed by atoms with Crippen LogP contribution in [0.5, 0.6) is 0 Å². The van der Waals surface area contributed by atoms with Crippen LogP contribution in [0.15, 0.2) is 36.7 Å². The predicted molar refractivity (Wildman–Crippen MR) is 133 cm³/mol. The van der Waals surface area contributed by atoms with E-state index < -0.39 is 11.4 Å². The Morgan fingerprint density at radius 3 is 2.49 bits per heavy atom. The van der Waals surface area contributed by atoms with Crippen molar-refractivity contribution in [2.75, 3.05) is 20.1 Å².